The average molecular weight is 889 g/mol. The van der Waals surface area contributed by atoms with E-state index in [1.165, 1.54) is 12.8 Å². The van der Waals surface area contributed by atoms with Crippen LogP contribution in [0.2, 0.25) is 0 Å². The van der Waals surface area contributed by atoms with E-state index in [1.54, 1.807) is 0 Å². The van der Waals surface area contributed by atoms with E-state index in [1.807, 2.05) is 0 Å². The molecule has 0 bridgehead atoms. The van der Waals surface area contributed by atoms with Gasteiger partial charge >= 0.3 is 0 Å². The second-order valence-electron chi connectivity index (χ2n) is 20.9. The second-order valence-corrected chi connectivity index (χ2v) is 20.9. The van der Waals surface area contributed by atoms with Gasteiger partial charge in [0.25, 0.3) is 0 Å². The van der Waals surface area contributed by atoms with Crippen molar-refractivity contribution in [2.24, 2.45) is 46.3 Å². The minimum Gasteiger partial charge on any atom is -0.394 e. The molecule has 9 aliphatic rings. The van der Waals surface area contributed by atoms with Crippen LogP contribution in [0.4, 0.5) is 0 Å². The van der Waals surface area contributed by atoms with Crippen molar-refractivity contribution in [2.45, 2.75) is 202 Å². The zero-order valence-corrected chi connectivity index (χ0v) is 36.1. The normalized spacial score (nSPS) is 57.7. The lowest BCUT2D eigenvalue weighted by Gasteiger charge is -2.61. The summed E-state index contributed by atoms with van der Waals surface area (Å²) in [5.41, 5.74) is 0.322. The minimum atomic E-state index is -1.89. The molecule has 10 N–H and O–H groups in total. The first-order chi connectivity index (χ1) is 29.6. The molecule has 5 heterocycles. The highest BCUT2D eigenvalue weighted by Crippen LogP contribution is 2.71. The Hall–Kier alpha value is -0.720. The molecule has 4 aliphatic carbocycles. The molecule has 0 unspecified atom stereocenters. The molecule has 0 aromatic rings. The van der Waals surface area contributed by atoms with Gasteiger partial charge in [0.05, 0.1) is 38.6 Å². The van der Waals surface area contributed by atoms with E-state index in [0.717, 1.165) is 58.0 Å². The van der Waals surface area contributed by atoms with Crippen molar-refractivity contribution < 1.29 is 89.0 Å². The summed E-state index contributed by atoms with van der Waals surface area (Å²) in [5.74, 6) is 2.63. The first kappa shape index (κ1) is 46.4. The molecule has 356 valence electrons. The fourth-order valence-electron chi connectivity index (χ4n) is 14.6. The van der Waals surface area contributed by atoms with Gasteiger partial charge in [-0.05, 0) is 105 Å². The van der Waals surface area contributed by atoms with E-state index in [4.69, 9.17) is 37.9 Å². The fraction of sp³-hybridized carbons (Fsp3) is 1.00. The van der Waals surface area contributed by atoms with Crippen molar-refractivity contribution in [1.82, 2.24) is 0 Å². The number of fused-ring (bicyclic) bond motifs is 7. The topological polar surface area (TPSA) is 276 Å². The van der Waals surface area contributed by atoms with Crippen molar-refractivity contribution in [3.05, 3.63) is 0 Å². The Labute approximate surface area is 362 Å². The van der Waals surface area contributed by atoms with Gasteiger partial charge in [0.1, 0.15) is 73.2 Å². The number of aliphatic hydroxyl groups excluding tert-OH is 10. The lowest BCUT2D eigenvalue weighted by Crippen LogP contribution is -2.67. The predicted octanol–water partition coefficient (Wildman–Crippen LogP) is -0.980. The van der Waals surface area contributed by atoms with Crippen LogP contribution in [0.3, 0.4) is 0 Å². The quantitative estimate of drug-likeness (QED) is 0.125. The summed E-state index contributed by atoms with van der Waals surface area (Å²) in [6.45, 7) is 6.01. The summed E-state index contributed by atoms with van der Waals surface area (Å²) < 4.78 is 49.1. The van der Waals surface area contributed by atoms with Crippen LogP contribution in [-0.2, 0) is 37.9 Å². The number of hydrogen-bond acceptors (Lipinski definition) is 18. The lowest BCUT2D eigenvalue weighted by molar-refractivity contribution is -0.388. The van der Waals surface area contributed by atoms with Gasteiger partial charge in [-0.2, -0.15) is 0 Å². The molecule has 5 aliphatic heterocycles. The number of ether oxygens (including phenoxy) is 8. The zero-order chi connectivity index (χ0) is 44.0. The highest BCUT2D eigenvalue weighted by molar-refractivity contribution is 5.15. The first-order valence-corrected chi connectivity index (χ1v) is 23.4. The van der Waals surface area contributed by atoms with E-state index in [-0.39, 0.29) is 23.0 Å². The van der Waals surface area contributed by atoms with E-state index >= 15 is 0 Å². The molecular weight excluding hydrogens is 816 g/mol. The molecule has 9 fully saturated rings. The SMILES string of the molecule is C[C@H]1[C@H]2[C@H](C[C@@H]3[C@@H]4CC[C@@H]5C[C@@H](O[C@@H]6O[C@H](CO)[C@H](O)[C@H](O)[C@H]6O[C@@H]6O[C@H](CO)[C@@H](O)[C@H](O[C@@H]7O[C@H](CO)[C@@H](O)[C@H](O)[C@H]7O)[C@H]6O)CC[C@@]5(C)[C@H]4CC[C@@]23C)O[C@]12CCCCO2. The largest absolute Gasteiger partial charge is 0.394 e. The van der Waals surface area contributed by atoms with E-state index in [9.17, 15) is 51.1 Å². The smallest absolute Gasteiger partial charge is 0.187 e. The van der Waals surface area contributed by atoms with Gasteiger partial charge in [-0.15, -0.1) is 0 Å². The lowest BCUT2D eigenvalue weighted by atomic mass is 9.44. The van der Waals surface area contributed by atoms with Gasteiger partial charge in [0, 0.05) is 12.3 Å². The molecule has 0 radical (unpaired) electrons. The van der Waals surface area contributed by atoms with Crippen molar-refractivity contribution >= 4 is 0 Å². The van der Waals surface area contributed by atoms with Crippen LogP contribution in [0.1, 0.15) is 91.4 Å². The predicted molar refractivity (Wildman–Crippen MR) is 211 cm³/mol. The van der Waals surface area contributed by atoms with Crippen LogP contribution in [0, 0.1) is 46.3 Å². The van der Waals surface area contributed by atoms with Crippen molar-refractivity contribution in [2.75, 3.05) is 26.4 Å². The van der Waals surface area contributed by atoms with E-state index in [2.05, 4.69) is 20.8 Å². The minimum absolute atomic E-state index is 0.102. The monoisotopic (exact) mass is 888 g/mol. The maximum atomic E-state index is 11.5. The Morgan fingerprint density at radius 3 is 1.87 bits per heavy atom. The molecule has 62 heavy (non-hydrogen) atoms. The molecule has 4 saturated carbocycles. The Bertz CT molecular complexity index is 1540. The number of hydrogen-bond donors (Lipinski definition) is 10. The second kappa shape index (κ2) is 17.7. The van der Waals surface area contributed by atoms with Gasteiger partial charge in [0.2, 0.25) is 0 Å². The maximum absolute atomic E-state index is 11.5. The Balaban J connectivity index is 0.875. The third-order valence-electron chi connectivity index (χ3n) is 18.0. The van der Waals surface area contributed by atoms with Gasteiger partial charge in [-0.3, -0.25) is 0 Å². The van der Waals surface area contributed by atoms with Crippen molar-refractivity contribution in [1.29, 1.82) is 0 Å². The van der Waals surface area contributed by atoms with Gasteiger partial charge in [-0.1, -0.05) is 20.8 Å². The molecule has 5 saturated heterocycles. The van der Waals surface area contributed by atoms with Crippen LogP contribution < -0.4 is 0 Å². The maximum Gasteiger partial charge on any atom is 0.187 e. The standard InChI is InChI=1S/C44H72O18/c1-19-29-25(62-44(19)10-4-5-13-55-44)15-24-22-7-6-20-14-21(8-11-42(20,2)23(22)9-12-43(24,29)3)56-41-38(34(52)31(49)27(17-46)59-41)61-40-36(54)37(32(50)28(18-47)58-40)60-39-35(53)33(51)30(48)26(16-45)57-39/h19-41,45-54H,4-18H2,1-3H3/t19-,20+,21-,22+,23-,24+,25-,26+,27+,28+,29-,30+,31-,32+,33-,34-,35+,36+,37-,38+,39-,40-,41+,42+,43+,44+/m0/s1. The summed E-state index contributed by atoms with van der Waals surface area (Å²) >= 11 is 0. The van der Waals surface area contributed by atoms with Crippen LogP contribution in [0.5, 0.6) is 0 Å². The molecule has 0 aromatic heterocycles. The molecule has 9 rings (SSSR count). The summed E-state index contributed by atoms with van der Waals surface area (Å²) in [4.78, 5) is 0. The van der Waals surface area contributed by atoms with Crippen molar-refractivity contribution in [3.63, 3.8) is 0 Å². The summed E-state index contributed by atoms with van der Waals surface area (Å²) in [5, 5.41) is 106. The van der Waals surface area contributed by atoms with Crippen LogP contribution >= 0.6 is 0 Å². The van der Waals surface area contributed by atoms with Crippen LogP contribution in [0.15, 0.2) is 0 Å². The van der Waals surface area contributed by atoms with E-state index in [0.29, 0.717) is 41.9 Å². The van der Waals surface area contributed by atoms with Gasteiger partial charge in [0.15, 0.2) is 24.7 Å². The average Bonchev–Trinajstić information content (AvgIpc) is 3.71. The molecular formula is C44H72O18. The first-order valence-electron chi connectivity index (χ1n) is 23.4. The third kappa shape index (κ3) is 7.55. The molecule has 26 atom stereocenters. The highest BCUT2D eigenvalue weighted by Gasteiger charge is 2.69. The molecule has 18 nitrogen and oxygen atoms in total. The summed E-state index contributed by atoms with van der Waals surface area (Å²) in [7, 11) is 0. The Kier molecular flexibility index (Phi) is 13.3. The molecule has 18 heteroatoms. The van der Waals surface area contributed by atoms with Gasteiger partial charge in [-0.25, -0.2) is 0 Å². The van der Waals surface area contributed by atoms with Crippen LogP contribution in [0.25, 0.3) is 0 Å². The molecule has 0 amide bonds. The van der Waals surface area contributed by atoms with Crippen molar-refractivity contribution in [3.8, 4) is 0 Å². The van der Waals surface area contributed by atoms with Crippen LogP contribution in [-0.4, -0.2) is 188 Å². The summed E-state index contributed by atoms with van der Waals surface area (Å²) in [6.07, 6.45) is -13.2. The highest BCUT2D eigenvalue weighted by atomic mass is 16.8. The third-order valence-corrected chi connectivity index (χ3v) is 18.0. The summed E-state index contributed by atoms with van der Waals surface area (Å²) in [6, 6.07) is 0. The molecule has 1 spiro atoms. The fourth-order valence-corrected chi connectivity index (χ4v) is 14.6. The Morgan fingerprint density at radius 1 is 0.565 bits per heavy atom. The number of rotatable bonds is 9. The Morgan fingerprint density at radius 2 is 1.19 bits per heavy atom. The molecule has 0 aromatic carbocycles. The number of aliphatic hydroxyl groups is 10. The van der Waals surface area contributed by atoms with E-state index < -0.39 is 118 Å². The zero-order valence-electron chi connectivity index (χ0n) is 36.1. The van der Waals surface area contributed by atoms with Gasteiger partial charge < -0.3 is 89.0 Å².